The van der Waals surface area contributed by atoms with E-state index >= 15 is 0 Å². The van der Waals surface area contributed by atoms with Crippen LogP contribution in [-0.2, 0) is 0 Å². The van der Waals surface area contributed by atoms with Crippen LogP contribution in [0.4, 0.5) is 9.80 Å². The van der Waals surface area contributed by atoms with Gasteiger partial charge in [0, 0.05) is 6.20 Å². The third kappa shape index (κ3) is 2.95. The Labute approximate surface area is 125 Å². The number of nitrogens with zero attached hydrogens (tertiary/aromatic N) is 3. The second-order valence-electron chi connectivity index (χ2n) is 4.52. The predicted octanol–water partition coefficient (Wildman–Crippen LogP) is 2.31. The quantitative estimate of drug-likeness (QED) is 0.943. The summed E-state index contributed by atoms with van der Waals surface area (Å²) >= 11 is 1.48. The summed E-state index contributed by atoms with van der Waals surface area (Å²) in [6.07, 6.45) is 1.46. The normalized spacial score (nSPS) is 14.1. The van der Waals surface area contributed by atoms with E-state index in [0.29, 0.717) is 24.5 Å². The van der Waals surface area contributed by atoms with Crippen molar-refractivity contribution in [3.63, 3.8) is 0 Å². The lowest BCUT2D eigenvalue weighted by Crippen LogP contribution is -2.57. The molecule has 0 saturated carbocycles. The third-order valence-electron chi connectivity index (χ3n) is 3.06. The Morgan fingerprint density at radius 1 is 1.48 bits per heavy atom. The summed E-state index contributed by atoms with van der Waals surface area (Å²) < 4.78 is 5.64. The molecular formula is C14H12N4O2S. The Balaban J connectivity index is 1.52. The van der Waals surface area contributed by atoms with Gasteiger partial charge >= 0.3 is 6.03 Å². The second-order valence-corrected chi connectivity index (χ2v) is 5.47. The van der Waals surface area contributed by atoms with Crippen molar-refractivity contribution in [3.8, 4) is 11.9 Å². The van der Waals surface area contributed by atoms with Crippen molar-refractivity contribution in [1.82, 2.24) is 9.88 Å². The third-order valence-corrected chi connectivity index (χ3v) is 3.84. The van der Waals surface area contributed by atoms with Crippen LogP contribution >= 0.6 is 11.3 Å². The van der Waals surface area contributed by atoms with Gasteiger partial charge in [0.25, 0.3) is 0 Å². The van der Waals surface area contributed by atoms with E-state index in [4.69, 9.17) is 10.00 Å². The summed E-state index contributed by atoms with van der Waals surface area (Å²) in [6, 6.07) is 8.97. The van der Waals surface area contributed by atoms with Gasteiger partial charge in [-0.3, -0.25) is 5.32 Å². The fourth-order valence-corrected chi connectivity index (χ4v) is 2.55. The molecule has 1 N–H and O–H groups in total. The maximum Gasteiger partial charge on any atom is 0.322 e. The number of likely N-dealkylation sites (tertiary alicyclic amines) is 1. The summed E-state index contributed by atoms with van der Waals surface area (Å²) in [7, 11) is 0. The van der Waals surface area contributed by atoms with Crippen molar-refractivity contribution < 1.29 is 9.53 Å². The Morgan fingerprint density at radius 3 is 3.05 bits per heavy atom. The molecule has 6 nitrogen and oxygen atoms in total. The molecular weight excluding hydrogens is 288 g/mol. The maximum atomic E-state index is 11.9. The van der Waals surface area contributed by atoms with Crippen LogP contribution in [-0.4, -0.2) is 35.1 Å². The van der Waals surface area contributed by atoms with Gasteiger partial charge < -0.3 is 9.64 Å². The first-order chi connectivity index (χ1) is 10.3. The predicted molar refractivity (Wildman–Crippen MR) is 78.3 cm³/mol. The lowest BCUT2D eigenvalue weighted by atomic mass is 10.2. The maximum absolute atomic E-state index is 11.9. The number of hydrogen-bond acceptors (Lipinski definition) is 5. The van der Waals surface area contributed by atoms with Crippen LogP contribution < -0.4 is 10.1 Å². The highest BCUT2D eigenvalue weighted by molar-refractivity contribution is 7.14. The number of nitrogens with one attached hydrogen (secondary N) is 1. The molecule has 0 aliphatic carbocycles. The highest BCUT2D eigenvalue weighted by Gasteiger charge is 2.33. The summed E-state index contributed by atoms with van der Waals surface area (Å²) in [4.78, 5) is 17.6. The lowest BCUT2D eigenvalue weighted by molar-refractivity contribution is 0.0459. The van der Waals surface area contributed by atoms with E-state index in [9.17, 15) is 4.79 Å². The number of carbonyl (C=O) groups excluding carboxylic acids is 1. The van der Waals surface area contributed by atoms with Crippen LogP contribution in [0.2, 0.25) is 0 Å². The van der Waals surface area contributed by atoms with Gasteiger partial charge in [-0.1, -0.05) is 0 Å². The van der Waals surface area contributed by atoms with Crippen LogP contribution in [0.15, 0.2) is 35.8 Å². The van der Waals surface area contributed by atoms with Gasteiger partial charge in [0.2, 0.25) is 5.88 Å². The summed E-state index contributed by atoms with van der Waals surface area (Å²) in [5.74, 6) is 0.323. The first kappa shape index (κ1) is 13.4. The second kappa shape index (κ2) is 5.81. The summed E-state index contributed by atoms with van der Waals surface area (Å²) in [6.45, 7) is 0.970. The van der Waals surface area contributed by atoms with Gasteiger partial charge in [-0.2, -0.15) is 5.26 Å². The molecule has 1 aliphatic rings. The van der Waals surface area contributed by atoms with Gasteiger partial charge in [0.15, 0.2) is 0 Å². The highest BCUT2D eigenvalue weighted by Crippen LogP contribution is 2.21. The Bertz CT molecular complexity index is 675. The average molecular weight is 300 g/mol. The van der Waals surface area contributed by atoms with E-state index < -0.39 is 0 Å². The number of ether oxygens (including phenoxy) is 1. The molecule has 3 rings (SSSR count). The van der Waals surface area contributed by atoms with Gasteiger partial charge in [-0.15, -0.1) is 11.3 Å². The molecule has 0 unspecified atom stereocenters. The summed E-state index contributed by atoms with van der Waals surface area (Å²) in [5.41, 5.74) is 0.402. The number of amides is 2. The van der Waals surface area contributed by atoms with Crippen molar-refractivity contribution in [2.45, 2.75) is 6.10 Å². The number of urea groups is 1. The standard InChI is InChI=1S/C14H12N4O2S/c15-7-10-3-1-5-16-13(10)20-11-8-18(9-11)14(19)17-12-4-2-6-21-12/h1-6,11H,8-9H2,(H,17,19). The van der Waals surface area contributed by atoms with E-state index in [1.165, 1.54) is 11.3 Å². The molecule has 0 bridgehead atoms. The van der Waals surface area contributed by atoms with Crippen LogP contribution in [0.1, 0.15) is 5.56 Å². The lowest BCUT2D eigenvalue weighted by Gasteiger charge is -2.38. The van der Waals surface area contributed by atoms with Gasteiger partial charge in [0.05, 0.1) is 18.1 Å². The molecule has 2 aromatic rings. The van der Waals surface area contributed by atoms with Crippen LogP contribution in [0, 0.1) is 11.3 Å². The van der Waals surface area contributed by atoms with Crippen molar-refractivity contribution in [1.29, 1.82) is 5.26 Å². The minimum absolute atomic E-state index is 0.124. The van der Waals surface area contributed by atoms with Gasteiger partial charge in [0.1, 0.15) is 17.7 Å². The minimum atomic E-state index is -0.140. The molecule has 0 aromatic carbocycles. The average Bonchev–Trinajstić information content (AvgIpc) is 2.95. The number of carbonyl (C=O) groups is 1. The Hall–Kier alpha value is -2.59. The zero-order valence-corrected chi connectivity index (χ0v) is 11.8. The number of pyridine rings is 1. The molecule has 2 amide bonds. The molecule has 0 spiro atoms. The number of nitriles is 1. The SMILES string of the molecule is N#Cc1cccnc1OC1CN(C(=O)Nc2cccs2)C1. The largest absolute Gasteiger partial charge is 0.470 e. The van der Waals surface area contributed by atoms with Gasteiger partial charge in [-0.25, -0.2) is 9.78 Å². The molecule has 0 radical (unpaired) electrons. The molecule has 106 valence electrons. The number of hydrogen-bond donors (Lipinski definition) is 1. The molecule has 21 heavy (non-hydrogen) atoms. The fraction of sp³-hybridized carbons (Fsp3) is 0.214. The monoisotopic (exact) mass is 300 g/mol. The molecule has 1 aliphatic heterocycles. The van der Waals surface area contributed by atoms with Crippen molar-refractivity contribution >= 4 is 22.4 Å². The number of rotatable bonds is 3. The molecule has 7 heteroatoms. The zero-order chi connectivity index (χ0) is 14.7. The van der Waals surface area contributed by atoms with Crippen LogP contribution in [0.3, 0.4) is 0 Å². The Morgan fingerprint density at radius 2 is 2.33 bits per heavy atom. The first-order valence-electron chi connectivity index (χ1n) is 6.37. The van der Waals surface area contributed by atoms with Crippen LogP contribution in [0.5, 0.6) is 5.88 Å². The van der Waals surface area contributed by atoms with Crippen molar-refractivity contribution in [2.24, 2.45) is 0 Å². The van der Waals surface area contributed by atoms with E-state index in [1.54, 1.807) is 23.2 Å². The topological polar surface area (TPSA) is 78.2 Å². The number of aromatic nitrogens is 1. The molecule has 1 fully saturated rings. The first-order valence-corrected chi connectivity index (χ1v) is 7.25. The molecule has 2 aromatic heterocycles. The minimum Gasteiger partial charge on any atom is -0.470 e. The van der Waals surface area contributed by atoms with E-state index in [-0.39, 0.29) is 12.1 Å². The molecule has 0 atom stereocenters. The fourth-order valence-electron chi connectivity index (χ4n) is 1.94. The van der Waals surface area contributed by atoms with Gasteiger partial charge in [-0.05, 0) is 29.6 Å². The smallest absolute Gasteiger partial charge is 0.322 e. The van der Waals surface area contributed by atoms with Crippen molar-refractivity contribution in [3.05, 3.63) is 41.4 Å². The molecule has 3 heterocycles. The number of thiophene rings is 1. The van der Waals surface area contributed by atoms with E-state index in [1.807, 2.05) is 23.6 Å². The van der Waals surface area contributed by atoms with E-state index in [2.05, 4.69) is 10.3 Å². The Kier molecular flexibility index (Phi) is 3.71. The van der Waals surface area contributed by atoms with Crippen molar-refractivity contribution in [2.75, 3.05) is 18.4 Å². The summed E-state index contributed by atoms with van der Waals surface area (Å²) in [5, 5.41) is 14.5. The highest BCUT2D eigenvalue weighted by atomic mass is 32.1. The van der Waals surface area contributed by atoms with Crippen LogP contribution in [0.25, 0.3) is 0 Å². The number of anilines is 1. The molecule has 1 saturated heterocycles. The zero-order valence-electron chi connectivity index (χ0n) is 11.0. The van der Waals surface area contributed by atoms with E-state index in [0.717, 1.165) is 5.00 Å².